The van der Waals surface area contributed by atoms with Crippen LogP contribution in [0.1, 0.15) is 21.5 Å². The van der Waals surface area contributed by atoms with E-state index in [1.165, 1.54) is 6.07 Å². The van der Waals surface area contributed by atoms with Crippen LogP contribution in [-0.2, 0) is 12.7 Å². The highest BCUT2D eigenvalue weighted by Gasteiger charge is 2.30. The largest absolute Gasteiger partial charge is 0.416 e. The molecule has 2 aromatic heterocycles. The highest BCUT2D eigenvalue weighted by atomic mass is 19.4. The number of aromatic nitrogens is 2. The molecule has 1 N–H and O–H groups in total. The first-order valence-electron chi connectivity index (χ1n) is 10.2. The number of halogens is 3. The molecule has 0 radical (unpaired) electrons. The van der Waals surface area contributed by atoms with E-state index in [-0.39, 0.29) is 12.5 Å². The van der Waals surface area contributed by atoms with Crippen molar-refractivity contribution in [2.75, 3.05) is 36.0 Å². The molecule has 32 heavy (non-hydrogen) atoms. The number of piperazine rings is 1. The van der Waals surface area contributed by atoms with Crippen LogP contribution in [0.5, 0.6) is 0 Å². The molecule has 1 aromatic carbocycles. The summed E-state index contributed by atoms with van der Waals surface area (Å²) in [4.78, 5) is 25.6. The second-order valence-corrected chi connectivity index (χ2v) is 7.45. The molecule has 1 saturated heterocycles. The molecule has 0 aliphatic carbocycles. The lowest BCUT2D eigenvalue weighted by atomic mass is 10.1. The minimum Gasteiger partial charge on any atom is -0.353 e. The summed E-state index contributed by atoms with van der Waals surface area (Å²) in [7, 11) is 0. The number of anilines is 2. The van der Waals surface area contributed by atoms with E-state index in [9.17, 15) is 18.0 Å². The third kappa shape index (κ3) is 5.16. The molecule has 4 rings (SSSR count). The van der Waals surface area contributed by atoms with Gasteiger partial charge < -0.3 is 15.1 Å². The Kier molecular flexibility index (Phi) is 6.25. The van der Waals surface area contributed by atoms with Gasteiger partial charge in [0, 0.05) is 50.7 Å². The monoisotopic (exact) mass is 441 g/mol. The molecule has 0 spiro atoms. The van der Waals surface area contributed by atoms with E-state index < -0.39 is 11.7 Å². The zero-order valence-electron chi connectivity index (χ0n) is 17.2. The van der Waals surface area contributed by atoms with Crippen molar-refractivity contribution in [3.05, 3.63) is 83.7 Å². The summed E-state index contributed by atoms with van der Waals surface area (Å²) in [6.45, 7) is 3.04. The van der Waals surface area contributed by atoms with Gasteiger partial charge in [-0.15, -0.1) is 0 Å². The van der Waals surface area contributed by atoms with Gasteiger partial charge >= 0.3 is 6.18 Å². The highest BCUT2D eigenvalue weighted by Crippen LogP contribution is 2.29. The maximum Gasteiger partial charge on any atom is 0.416 e. The van der Waals surface area contributed by atoms with E-state index in [4.69, 9.17) is 0 Å². The van der Waals surface area contributed by atoms with Crippen molar-refractivity contribution in [2.24, 2.45) is 0 Å². The van der Waals surface area contributed by atoms with Crippen LogP contribution in [0.25, 0.3) is 0 Å². The molecule has 3 aromatic rings. The normalized spacial score (nSPS) is 14.3. The smallest absolute Gasteiger partial charge is 0.353 e. The molecule has 1 aliphatic rings. The first kappa shape index (κ1) is 21.6. The summed E-state index contributed by atoms with van der Waals surface area (Å²) >= 11 is 0. The summed E-state index contributed by atoms with van der Waals surface area (Å²) in [5.74, 6) is 1.26. The Balaban J connectivity index is 1.36. The van der Waals surface area contributed by atoms with Crippen molar-refractivity contribution in [1.82, 2.24) is 15.3 Å². The van der Waals surface area contributed by atoms with Crippen LogP contribution in [-0.4, -0.2) is 42.1 Å². The number of amides is 1. The molecule has 166 valence electrons. The van der Waals surface area contributed by atoms with Crippen LogP contribution in [0.15, 0.2) is 67.0 Å². The SMILES string of the molecule is O=C(NCc1cccc(C(F)(F)F)c1)c1ccnc(N2CCN(c3ccccn3)CC2)c1. The number of hydrogen-bond acceptors (Lipinski definition) is 5. The van der Waals surface area contributed by atoms with E-state index >= 15 is 0 Å². The molecule has 1 amide bonds. The lowest BCUT2D eigenvalue weighted by Gasteiger charge is -2.36. The van der Waals surface area contributed by atoms with Crippen LogP contribution in [0.2, 0.25) is 0 Å². The minimum absolute atomic E-state index is 0.00313. The minimum atomic E-state index is -4.42. The van der Waals surface area contributed by atoms with Gasteiger partial charge in [0.15, 0.2) is 0 Å². The van der Waals surface area contributed by atoms with E-state index in [2.05, 4.69) is 25.1 Å². The topological polar surface area (TPSA) is 61.4 Å². The summed E-state index contributed by atoms with van der Waals surface area (Å²) in [6, 6.07) is 14.0. The van der Waals surface area contributed by atoms with Gasteiger partial charge in [-0.25, -0.2) is 9.97 Å². The third-order valence-corrected chi connectivity index (χ3v) is 5.29. The highest BCUT2D eigenvalue weighted by molar-refractivity contribution is 5.94. The molecule has 6 nitrogen and oxygen atoms in total. The number of nitrogens with one attached hydrogen (secondary N) is 1. The number of alkyl halides is 3. The van der Waals surface area contributed by atoms with Gasteiger partial charge in [0.25, 0.3) is 5.91 Å². The summed E-state index contributed by atoms with van der Waals surface area (Å²) in [6.07, 6.45) is -1.08. The van der Waals surface area contributed by atoms with Gasteiger partial charge in [-0.2, -0.15) is 13.2 Å². The van der Waals surface area contributed by atoms with Gasteiger partial charge in [-0.05, 0) is 42.0 Å². The van der Waals surface area contributed by atoms with Gasteiger partial charge in [0.05, 0.1) is 5.56 Å². The Labute approximate surface area is 183 Å². The molecule has 0 saturated carbocycles. The second-order valence-electron chi connectivity index (χ2n) is 7.45. The summed E-state index contributed by atoms with van der Waals surface area (Å²) in [5.41, 5.74) is 0.0579. The first-order valence-corrected chi connectivity index (χ1v) is 10.2. The van der Waals surface area contributed by atoms with Crippen molar-refractivity contribution in [1.29, 1.82) is 0 Å². The molecular weight excluding hydrogens is 419 g/mol. The quantitative estimate of drug-likeness (QED) is 0.654. The van der Waals surface area contributed by atoms with E-state index in [1.807, 2.05) is 18.2 Å². The van der Waals surface area contributed by atoms with Gasteiger partial charge in [0.1, 0.15) is 11.6 Å². The number of benzene rings is 1. The standard InChI is InChI=1S/C23H22F3N5O/c24-23(25,26)19-5-3-4-17(14-19)16-29-22(32)18-7-9-28-21(15-18)31-12-10-30(11-13-31)20-6-1-2-8-27-20/h1-9,14-15H,10-13,16H2,(H,29,32). The predicted octanol–water partition coefficient (Wildman–Crippen LogP) is 3.75. The lowest BCUT2D eigenvalue weighted by molar-refractivity contribution is -0.137. The van der Waals surface area contributed by atoms with Gasteiger partial charge in [-0.3, -0.25) is 4.79 Å². The van der Waals surface area contributed by atoms with Crippen LogP contribution < -0.4 is 15.1 Å². The maximum atomic E-state index is 12.9. The van der Waals surface area contributed by atoms with Crippen LogP contribution in [0, 0.1) is 0 Å². The van der Waals surface area contributed by atoms with Gasteiger partial charge in [-0.1, -0.05) is 18.2 Å². The van der Waals surface area contributed by atoms with Crippen LogP contribution in [0.4, 0.5) is 24.8 Å². The summed E-state index contributed by atoms with van der Waals surface area (Å²) < 4.78 is 38.6. The van der Waals surface area contributed by atoms with Crippen molar-refractivity contribution in [3.8, 4) is 0 Å². The van der Waals surface area contributed by atoms with Crippen LogP contribution in [0.3, 0.4) is 0 Å². The molecule has 0 unspecified atom stereocenters. The Morgan fingerprint density at radius 3 is 2.28 bits per heavy atom. The Hall–Kier alpha value is -3.62. The zero-order valence-corrected chi connectivity index (χ0v) is 17.2. The van der Waals surface area contributed by atoms with Crippen LogP contribution >= 0.6 is 0 Å². The number of nitrogens with zero attached hydrogens (tertiary/aromatic N) is 4. The Morgan fingerprint density at radius 1 is 0.875 bits per heavy atom. The maximum absolute atomic E-state index is 12.9. The molecule has 9 heteroatoms. The molecule has 1 aliphatic heterocycles. The van der Waals surface area contributed by atoms with Crippen molar-refractivity contribution in [2.45, 2.75) is 12.7 Å². The third-order valence-electron chi connectivity index (χ3n) is 5.29. The fourth-order valence-electron chi connectivity index (χ4n) is 3.58. The molecule has 3 heterocycles. The lowest BCUT2D eigenvalue weighted by Crippen LogP contribution is -2.47. The van der Waals surface area contributed by atoms with Crippen molar-refractivity contribution < 1.29 is 18.0 Å². The Bertz CT molecular complexity index is 1070. The average molecular weight is 441 g/mol. The molecular formula is C23H22F3N5O. The number of pyridine rings is 2. The fraction of sp³-hybridized carbons (Fsp3) is 0.261. The van der Waals surface area contributed by atoms with Crippen molar-refractivity contribution >= 4 is 17.5 Å². The predicted molar refractivity (Wildman–Crippen MR) is 116 cm³/mol. The number of carbonyl (C=O) groups is 1. The number of hydrogen-bond donors (Lipinski definition) is 1. The van der Waals surface area contributed by atoms with Crippen molar-refractivity contribution in [3.63, 3.8) is 0 Å². The number of rotatable bonds is 5. The average Bonchev–Trinajstić information content (AvgIpc) is 2.83. The summed E-state index contributed by atoms with van der Waals surface area (Å²) in [5, 5.41) is 2.68. The van der Waals surface area contributed by atoms with E-state index in [0.29, 0.717) is 16.9 Å². The zero-order chi connectivity index (χ0) is 22.6. The molecule has 0 atom stereocenters. The number of carbonyl (C=O) groups excluding carboxylic acids is 1. The fourth-order valence-corrected chi connectivity index (χ4v) is 3.58. The van der Waals surface area contributed by atoms with E-state index in [1.54, 1.807) is 30.6 Å². The first-order chi connectivity index (χ1) is 15.4. The second kappa shape index (κ2) is 9.25. The van der Waals surface area contributed by atoms with E-state index in [0.717, 1.165) is 44.1 Å². The van der Waals surface area contributed by atoms with Gasteiger partial charge in [0.2, 0.25) is 0 Å². The molecule has 1 fully saturated rings. The molecule has 0 bridgehead atoms. The Morgan fingerprint density at radius 2 is 1.59 bits per heavy atom.